The normalized spacial score (nSPS) is 26.8. The van der Waals surface area contributed by atoms with E-state index < -0.39 is 0 Å². The molecule has 7 heteroatoms. The quantitative estimate of drug-likeness (QED) is 0.749. The lowest BCUT2D eigenvalue weighted by Gasteiger charge is -2.48. The molecule has 138 valence electrons. The lowest BCUT2D eigenvalue weighted by molar-refractivity contribution is -0.124. The number of hydrogen-bond donors (Lipinski definition) is 3. The Kier molecular flexibility index (Phi) is 5.05. The first-order valence-corrected chi connectivity index (χ1v) is 9.65. The van der Waals surface area contributed by atoms with E-state index in [-0.39, 0.29) is 17.5 Å². The predicted molar refractivity (Wildman–Crippen MR) is 94.3 cm³/mol. The minimum absolute atomic E-state index is 0.0475. The fourth-order valence-electron chi connectivity index (χ4n) is 4.64. The Morgan fingerprint density at radius 3 is 2.92 bits per heavy atom. The van der Waals surface area contributed by atoms with E-state index in [0.717, 1.165) is 57.2 Å². The molecular weight excluding hydrogens is 318 g/mol. The molecule has 7 nitrogen and oxygen atoms in total. The summed E-state index contributed by atoms with van der Waals surface area (Å²) in [5.41, 5.74) is 2.04. The maximum absolute atomic E-state index is 12.9. The van der Waals surface area contributed by atoms with E-state index in [4.69, 9.17) is 4.74 Å². The molecule has 1 aliphatic carbocycles. The number of aromatic nitrogens is 2. The van der Waals surface area contributed by atoms with Crippen LogP contribution in [0.2, 0.25) is 0 Å². The summed E-state index contributed by atoms with van der Waals surface area (Å²) < 4.78 is 5.54. The third-order valence-corrected chi connectivity index (χ3v) is 6.07. The highest BCUT2D eigenvalue weighted by atomic mass is 16.5. The highest BCUT2D eigenvalue weighted by Gasteiger charge is 2.39. The van der Waals surface area contributed by atoms with Crippen LogP contribution in [0.4, 0.5) is 0 Å². The van der Waals surface area contributed by atoms with E-state index in [9.17, 15) is 4.79 Å². The van der Waals surface area contributed by atoms with Gasteiger partial charge in [0.15, 0.2) is 0 Å². The summed E-state index contributed by atoms with van der Waals surface area (Å²) in [4.78, 5) is 22.9. The summed E-state index contributed by atoms with van der Waals surface area (Å²) in [5.74, 6) is 0.0475. The van der Waals surface area contributed by atoms with Crippen LogP contribution in [0, 0.1) is 0 Å². The standard InChI is InChI=1S/C18H29N5O2/c24-17(16-15-14(4-7-19-16)21-13-22-15)20-12-18(5-2-1-3-6-18)23-8-10-25-11-9-23/h13,16,19H,1-12H2,(H,20,24)(H,21,22)/t16-/m0/s1. The van der Waals surface area contributed by atoms with Crippen molar-refractivity contribution in [3.8, 4) is 0 Å². The van der Waals surface area contributed by atoms with E-state index in [0.29, 0.717) is 0 Å². The van der Waals surface area contributed by atoms with Crippen LogP contribution < -0.4 is 10.6 Å². The number of hydrogen-bond acceptors (Lipinski definition) is 5. The lowest BCUT2D eigenvalue weighted by atomic mass is 9.79. The molecular formula is C18H29N5O2. The van der Waals surface area contributed by atoms with Crippen LogP contribution in [0.5, 0.6) is 0 Å². The number of fused-ring (bicyclic) bond motifs is 1. The minimum atomic E-state index is -0.333. The molecule has 3 aliphatic rings. The van der Waals surface area contributed by atoms with Gasteiger partial charge in [-0.05, 0) is 12.8 Å². The zero-order valence-corrected chi connectivity index (χ0v) is 14.9. The molecule has 1 amide bonds. The van der Waals surface area contributed by atoms with Crippen LogP contribution in [0.1, 0.15) is 49.5 Å². The molecule has 0 spiro atoms. The molecule has 1 aromatic heterocycles. The van der Waals surface area contributed by atoms with Gasteiger partial charge in [0, 0.05) is 43.8 Å². The number of nitrogens with zero attached hydrogens (tertiary/aromatic N) is 2. The molecule has 1 saturated carbocycles. The molecule has 2 aliphatic heterocycles. The molecule has 1 saturated heterocycles. The molecule has 2 fully saturated rings. The number of aromatic amines is 1. The predicted octanol–water partition coefficient (Wildman–Crippen LogP) is 0.748. The third kappa shape index (κ3) is 3.45. The van der Waals surface area contributed by atoms with Crippen LogP contribution in [0.25, 0.3) is 0 Å². The SMILES string of the molecule is O=C(NCC1(N2CCOCC2)CCCCC1)[C@H]1NCCc2[nH]cnc21. The maximum atomic E-state index is 12.9. The Balaban J connectivity index is 1.44. The third-order valence-electron chi connectivity index (χ3n) is 6.07. The summed E-state index contributed by atoms with van der Waals surface area (Å²) in [6, 6.07) is -0.333. The van der Waals surface area contributed by atoms with E-state index in [2.05, 4.69) is 25.5 Å². The molecule has 1 atom stereocenters. The van der Waals surface area contributed by atoms with Crippen molar-refractivity contribution in [2.24, 2.45) is 0 Å². The highest BCUT2D eigenvalue weighted by molar-refractivity contribution is 5.83. The number of ether oxygens (including phenoxy) is 1. The maximum Gasteiger partial charge on any atom is 0.243 e. The molecule has 25 heavy (non-hydrogen) atoms. The lowest BCUT2D eigenvalue weighted by Crippen LogP contribution is -2.60. The molecule has 4 rings (SSSR count). The fourth-order valence-corrected chi connectivity index (χ4v) is 4.64. The van der Waals surface area contributed by atoms with Gasteiger partial charge in [-0.15, -0.1) is 0 Å². The topological polar surface area (TPSA) is 82.3 Å². The molecule has 0 aromatic carbocycles. The van der Waals surface area contributed by atoms with E-state index in [1.807, 2.05) is 0 Å². The van der Waals surface area contributed by atoms with Gasteiger partial charge in [0.05, 0.1) is 25.2 Å². The molecule has 0 bridgehead atoms. The molecule has 3 N–H and O–H groups in total. The van der Waals surface area contributed by atoms with Gasteiger partial charge >= 0.3 is 0 Å². The van der Waals surface area contributed by atoms with Gasteiger partial charge in [0.2, 0.25) is 5.91 Å². The molecule has 0 unspecified atom stereocenters. The van der Waals surface area contributed by atoms with Gasteiger partial charge in [0.25, 0.3) is 0 Å². The average Bonchev–Trinajstić information content (AvgIpc) is 3.16. The first-order chi connectivity index (χ1) is 12.3. The summed E-state index contributed by atoms with van der Waals surface area (Å²) in [6.07, 6.45) is 8.72. The first kappa shape index (κ1) is 17.0. The van der Waals surface area contributed by atoms with Crippen molar-refractivity contribution in [3.05, 3.63) is 17.7 Å². The molecule has 1 aromatic rings. The van der Waals surface area contributed by atoms with Gasteiger partial charge in [-0.1, -0.05) is 19.3 Å². The zero-order chi connectivity index (χ0) is 17.1. The van der Waals surface area contributed by atoms with E-state index in [1.54, 1.807) is 6.33 Å². The number of carbonyl (C=O) groups excluding carboxylic acids is 1. The van der Waals surface area contributed by atoms with Gasteiger partial charge in [-0.25, -0.2) is 4.98 Å². The van der Waals surface area contributed by atoms with Gasteiger partial charge in [-0.3, -0.25) is 9.69 Å². The van der Waals surface area contributed by atoms with Crippen LogP contribution in [-0.2, 0) is 16.0 Å². The number of rotatable bonds is 4. The minimum Gasteiger partial charge on any atom is -0.379 e. The average molecular weight is 347 g/mol. The van der Waals surface area contributed by atoms with E-state index in [1.165, 1.54) is 32.1 Å². The summed E-state index contributed by atoms with van der Waals surface area (Å²) in [7, 11) is 0. The van der Waals surface area contributed by atoms with Crippen LogP contribution in [0.15, 0.2) is 6.33 Å². The van der Waals surface area contributed by atoms with Crippen molar-refractivity contribution in [2.75, 3.05) is 39.4 Å². The second-order valence-corrected chi connectivity index (χ2v) is 7.51. The van der Waals surface area contributed by atoms with Gasteiger partial charge < -0.3 is 20.4 Å². The Morgan fingerprint density at radius 1 is 1.32 bits per heavy atom. The Labute approximate surface area is 148 Å². The monoisotopic (exact) mass is 347 g/mol. The van der Waals surface area contributed by atoms with Crippen LogP contribution >= 0.6 is 0 Å². The van der Waals surface area contributed by atoms with Crippen molar-refractivity contribution in [3.63, 3.8) is 0 Å². The fraction of sp³-hybridized carbons (Fsp3) is 0.778. The van der Waals surface area contributed by atoms with Crippen molar-refractivity contribution in [1.82, 2.24) is 25.5 Å². The molecule has 0 radical (unpaired) electrons. The smallest absolute Gasteiger partial charge is 0.243 e. The van der Waals surface area contributed by atoms with Crippen molar-refractivity contribution in [2.45, 2.75) is 50.1 Å². The van der Waals surface area contributed by atoms with E-state index >= 15 is 0 Å². The number of H-pyrrole nitrogens is 1. The molecule has 3 heterocycles. The number of amides is 1. The number of morpholine rings is 1. The van der Waals surface area contributed by atoms with Crippen molar-refractivity contribution >= 4 is 5.91 Å². The summed E-state index contributed by atoms with van der Waals surface area (Å²) >= 11 is 0. The Bertz CT molecular complexity index is 590. The summed E-state index contributed by atoms with van der Waals surface area (Å²) in [5, 5.41) is 6.57. The Hall–Kier alpha value is -1.44. The number of carbonyl (C=O) groups is 1. The first-order valence-electron chi connectivity index (χ1n) is 9.65. The van der Waals surface area contributed by atoms with Crippen molar-refractivity contribution < 1.29 is 9.53 Å². The number of imidazole rings is 1. The largest absolute Gasteiger partial charge is 0.379 e. The second-order valence-electron chi connectivity index (χ2n) is 7.51. The zero-order valence-electron chi connectivity index (χ0n) is 14.9. The second kappa shape index (κ2) is 7.43. The van der Waals surface area contributed by atoms with Crippen molar-refractivity contribution in [1.29, 1.82) is 0 Å². The highest BCUT2D eigenvalue weighted by Crippen LogP contribution is 2.34. The Morgan fingerprint density at radius 2 is 2.12 bits per heavy atom. The van der Waals surface area contributed by atoms with Crippen LogP contribution in [-0.4, -0.2) is 65.7 Å². The summed E-state index contributed by atoms with van der Waals surface area (Å²) in [6.45, 7) is 5.08. The van der Waals surface area contributed by atoms with Gasteiger partial charge in [-0.2, -0.15) is 0 Å². The van der Waals surface area contributed by atoms with Crippen LogP contribution in [0.3, 0.4) is 0 Å². The van der Waals surface area contributed by atoms with Gasteiger partial charge in [0.1, 0.15) is 6.04 Å². The number of nitrogens with one attached hydrogen (secondary N) is 3.